The normalized spacial score (nSPS) is 16.3. The summed E-state index contributed by atoms with van der Waals surface area (Å²) in [5, 5.41) is 15.8. The summed E-state index contributed by atoms with van der Waals surface area (Å²) in [4.78, 5) is 43.1. The minimum absolute atomic E-state index is 0.0446. The van der Waals surface area contributed by atoms with E-state index in [-0.39, 0.29) is 23.6 Å². The van der Waals surface area contributed by atoms with Gasteiger partial charge in [0.05, 0.1) is 28.1 Å². The quantitative estimate of drug-likeness (QED) is 0.287. The van der Waals surface area contributed by atoms with Crippen molar-refractivity contribution in [2.24, 2.45) is 0 Å². The second-order valence-corrected chi connectivity index (χ2v) is 12.4. The van der Waals surface area contributed by atoms with Gasteiger partial charge < -0.3 is 19.4 Å². The summed E-state index contributed by atoms with van der Waals surface area (Å²) < 4.78 is 7.50. The maximum Gasteiger partial charge on any atom is 0.410 e. The third kappa shape index (κ3) is 6.65. The molecule has 2 amide bonds. The number of piperidine rings is 1. The summed E-state index contributed by atoms with van der Waals surface area (Å²) in [6, 6.07) is 12.7. The molecule has 0 radical (unpaired) electrons. The van der Waals surface area contributed by atoms with Crippen LogP contribution in [0, 0.1) is 24.0 Å². The molecule has 11 heteroatoms. The highest BCUT2D eigenvalue weighted by atomic mass is 16.6. The van der Waals surface area contributed by atoms with Gasteiger partial charge in [-0.15, -0.1) is 0 Å². The molecule has 3 heterocycles. The first-order valence-corrected chi connectivity index (χ1v) is 14.8. The minimum atomic E-state index is -0.558. The lowest BCUT2D eigenvalue weighted by Crippen LogP contribution is -2.49. The van der Waals surface area contributed by atoms with Crippen LogP contribution in [0.3, 0.4) is 0 Å². The molecule has 0 unspecified atom stereocenters. The second-order valence-electron chi connectivity index (χ2n) is 12.4. The number of aryl methyl sites for hydroxylation is 2. The van der Waals surface area contributed by atoms with E-state index in [1.807, 2.05) is 36.4 Å². The van der Waals surface area contributed by atoms with Crippen molar-refractivity contribution in [1.29, 1.82) is 0 Å². The van der Waals surface area contributed by atoms with Crippen molar-refractivity contribution in [2.45, 2.75) is 59.0 Å². The van der Waals surface area contributed by atoms with Crippen LogP contribution in [0.5, 0.6) is 0 Å². The number of carbonyl (C=O) groups excluding carboxylic acids is 2. The fourth-order valence-corrected chi connectivity index (χ4v) is 5.76. The van der Waals surface area contributed by atoms with Gasteiger partial charge in [-0.1, -0.05) is 6.07 Å². The topological polar surface area (TPSA) is 114 Å². The van der Waals surface area contributed by atoms with Crippen LogP contribution in [-0.2, 0) is 4.74 Å². The summed E-state index contributed by atoms with van der Waals surface area (Å²) in [7, 11) is 0. The fourth-order valence-electron chi connectivity index (χ4n) is 5.76. The largest absolute Gasteiger partial charge is 0.444 e. The Balaban J connectivity index is 1.36. The van der Waals surface area contributed by atoms with Crippen LogP contribution >= 0.6 is 0 Å². The zero-order valence-electron chi connectivity index (χ0n) is 25.6. The first-order chi connectivity index (χ1) is 20.4. The molecule has 2 aliphatic heterocycles. The molecule has 5 rings (SSSR count). The van der Waals surface area contributed by atoms with Gasteiger partial charge in [0.25, 0.3) is 11.6 Å². The number of amides is 2. The van der Waals surface area contributed by atoms with E-state index in [9.17, 15) is 19.7 Å². The van der Waals surface area contributed by atoms with Crippen molar-refractivity contribution in [3.63, 3.8) is 0 Å². The number of nitro benzene ring substituents is 1. The van der Waals surface area contributed by atoms with Gasteiger partial charge in [0, 0.05) is 63.0 Å². The molecular weight excluding hydrogens is 548 g/mol. The summed E-state index contributed by atoms with van der Waals surface area (Å²) in [6.07, 6.45) is 2.78. The number of hydrogen-bond donors (Lipinski definition) is 0. The molecule has 0 saturated carbocycles. The van der Waals surface area contributed by atoms with Crippen LogP contribution in [0.4, 0.5) is 16.2 Å². The van der Waals surface area contributed by atoms with Crippen LogP contribution in [0.1, 0.15) is 66.7 Å². The lowest BCUT2D eigenvalue weighted by molar-refractivity contribution is -0.384. The average Bonchev–Trinajstić information content (AvgIpc) is 3.43. The Hall–Kier alpha value is -4.41. The Morgan fingerprint density at radius 2 is 1.51 bits per heavy atom. The number of piperazine rings is 1. The molecule has 2 aromatic carbocycles. The Morgan fingerprint density at radius 1 is 0.884 bits per heavy atom. The van der Waals surface area contributed by atoms with Gasteiger partial charge >= 0.3 is 6.09 Å². The number of nitro groups is 1. The number of aromatic nitrogens is 2. The molecule has 2 fully saturated rings. The van der Waals surface area contributed by atoms with Crippen molar-refractivity contribution in [3.8, 4) is 5.69 Å². The summed E-state index contributed by atoms with van der Waals surface area (Å²) >= 11 is 0. The predicted octanol–water partition coefficient (Wildman–Crippen LogP) is 5.47. The number of nitrogens with zero attached hydrogens (tertiary/aromatic N) is 6. The maximum atomic E-state index is 14.0. The van der Waals surface area contributed by atoms with E-state index >= 15 is 0 Å². The molecule has 0 bridgehead atoms. The summed E-state index contributed by atoms with van der Waals surface area (Å²) in [6.45, 7) is 13.1. The van der Waals surface area contributed by atoms with E-state index in [1.165, 1.54) is 17.7 Å². The summed E-state index contributed by atoms with van der Waals surface area (Å²) in [5.41, 5.74) is 5.12. The highest BCUT2D eigenvalue weighted by Gasteiger charge is 2.34. The smallest absolute Gasteiger partial charge is 0.410 e. The molecule has 0 aliphatic carbocycles. The third-order valence-electron chi connectivity index (χ3n) is 8.30. The van der Waals surface area contributed by atoms with Gasteiger partial charge in [0.2, 0.25) is 0 Å². The number of benzene rings is 2. The van der Waals surface area contributed by atoms with Crippen LogP contribution < -0.4 is 4.90 Å². The van der Waals surface area contributed by atoms with Gasteiger partial charge in [-0.05, 0) is 82.9 Å². The SMILES string of the molecule is Cc1ccc(-n2ncc(C(=O)N3CCN(c4ccc([N+](=O)[O-])cc4)CC3)c2C2CCN(C(=O)OC(C)(C)C)CC2)cc1C. The number of carbonyl (C=O) groups is 2. The number of non-ortho nitro benzene ring substituents is 1. The van der Waals surface area contributed by atoms with E-state index in [1.54, 1.807) is 23.2 Å². The van der Waals surface area contributed by atoms with Gasteiger partial charge in [-0.2, -0.15) is 5.10 Å². The Kier molecular flexibility index (Phi) is 8.43. The number of rotatable bonds is 5. The Morgan fingerprint density at radius 3 is 2.09 bits per heavy atom. The standard InChI is InChI=1S/C32H40N6O5/c1-22-6-7-27(20-23(22)2)37-29(24-12-14-36(15-13-24)31(40)43-32(3,4)5)28(21-33-37)30(39)35-18-16-34(17-19-35)25-8-10-26(11-9-25)38(41)42/h6-11,20-21,24H,12-19H2,1-5H3. The van der Waals surface area contributed by atoms with Crippen LogP contribution in [0.25, 0.3) is 5.69 Å². The van der Waals surface area contributed by atoms with E-state index in [2.05, 4.69) is 30.9 Å². The molecule has 0 atom stereocenters. The zero-order chi connectivity index (χ0) is 30.9. The average molecular weight is 589 g/mol. The van der Waals surface area contributed by atoms with Gasteiger partial charge in [0.1, 0.15) is 5.60 Å². The van der Waals surface area contributed by atoms with E-state index < -0.39 is 10.5 Å². The first kappa shape index (κ1) is 30.1. The number of likely N-dealkylation sites (tertiary alicyclic amines) is 1. The fraction of sp³-hybridized carbons (Fsp3) is 0.469. The first-order valence-electron chi connectivity index (χ1n) is 14.8. The van der Waals surface area contributed by atoms with E-state index in [0.717, 1.165) is 22.6 Å². The van der Waals surface area contributed by atoms with Crippen molar-refractivity contribution >= 4 is 23.4 Å². The summed E-state index contributed by atoms with van der Waals surface area (Å²) in [5.74, 6) is -0.00820. The molecular formula is C32H40N6O5. The van der Waals surface area contributed by atoms with Gasteiger partial charge in [0.15, 0.2) is 0 Å². The molecule has 43 heavy (non-hydrogen) atoms. The highest BCUT2D eigenvalue weighted by Crippen LogP contribution is 2.34. The monoisotopic (exact) mass is 588 g/mol. The molecule has 3 aromatic rings. The lowest BCUT2D eigenvalue weighted by Gasteiger charge is -2.37. The second kappa shape index (κ2) is 12.1. The third-order valence-corrected chi connectivity index (χ3v) is 8.30. The van der Waals surface area contributed by atoms with Crippen LogP contribution in [0.15, 0.2) is 48.7 Å². The Labute approximate surface area is 252 Å². The molecule has 11 nitrogen and oxygen atoms in total. The van der Waals surface area contributed by atoms with Crippen molar-refractivity contribution < 1.29 is 19.2 Å². The van der Waals surface area contributed by atoms with Gasteiger partial charge in [-0.25, -0.2) is 9.48 Å². The molecule has 2 saturated heterocycles. The highest BCUT2D eigenvalue weighted by molar-refractivity contribution is 5.95. The van der Waals surface area contributed by atoms with Crippen molar-refractivity contribution in [2.75, 3.05) is 44.2 Å². The minimum Gasteiger partial charge on any atom is -0.444 e. The van der Waals surface area contributed by atoms with Crippen LogP contribution in [0.2, 0.25) is 0 Å². The molecule has 0 spiro atoms. The molecule has 228 valence electrons. The maximum absolute atomic E-state index is 14.0. The number of anilines is 1. The number of hydrogen-bond acceptors (Lipinski definition) is 7. The van der Waals surface area contributed by atoms with E-state index in [0.29, 0.717) is 57.7 Å². The number of ether oxygens (including phenoxy) is 1. The van der Waals surface area contributed by atoms with Crippen molar-refractivity contribution in [1.82, 2.24) is 19.6 Å². The molecule has 2 aliphatic rings. The van der Waals surface area contributed by atoms with Crippen LogP contribution in [-0.4, -0.2) is 81.4 Å². The lowest BCUT2D eigenvalue weighted by atomic mass is 9.90. The molecule has 0 N–H and O–H groups in total. The van der Waals surface area contributed by atoms with Gasteiger partial charge in [-0.3, -0.25) is 14.9 Å². The van der Waals surface area contributed by atoms with Crippen molar-refractivity contribution in [3.05, 3.63) is 81.2 Å². The van der Waals surface area contributed by atoms with E-state index in [4.69, 9.17) is 9.84 Å². The Bertz CT molecular complexity index is 1490. The molecule has 1 aromatic heterocycles. The predicted molar refractivity (Wildman–Crippen MR) is 164 cm³/mol. The zero-order valence-corrected chi connectivity index (χ0v) is 25.6.